The van der Waals surface area contributed by atoms with Crippen molar-refractivity contribution in [3.63, 3.8) is 0 Å². The Hall–Kier alpha value is -4.41. The van der Waals surface area contributed by atoms with Gasteiger partial charge in [-0.05, 0) is 52.9 Å². The van der Waals surface area contributed by atoms with E-state index >= 15 is 0 Å². The smallest absolute Gasteiger partial charge is 0.254 e. The van der Waals surface area contributed by atoms with E-state index in [9.17, 15) is 4.79 Å². The van der Waals surface area contributed by atoms with E-state index in [1.807, 2.05) is 47.4 Å². The molecule has 3 aromatic heterocycles. The van der Waals surface area contributed by atoms with Crippen molar-refractivity contribution in [2.75, 3.05) is 36.4 Å². The summed E-state index contributed by atoms with van der Waals surface area (Å²) in [5.74, 6) is 1.44. The molecule has 4 aromatic rings. The van der Waals surface area contributed by atoms with Gasteiger partial charge in [0.05, 0.1) is 5.69 Å². The fourth-order valence-corrected chi connectivity index (χ4v) is 3.53. The van der Waals surface area contributed by atoms with Gasteiger partial charge in [-0.3, -0.25) is 9.78 Å². The molecule has 5 rings (SSSR count). The highest BCUT2D eigenvalue weighted by Crippen LogP contribution is 2.18. The standard InChI is InChI=1S/C21H20N10O/c32-21(16-2-1-3-18(14-16)31-15-23-27-28-31)30-12-10-29(11-13-30)20-5-4-19(25-26-20)24-17-6-8-22-9-7-17/h1-9,14-15H,10-13H2,(H,22,24,25). The first-order valence-corrected chi connectivity index (χ1v) is 10.1. The minimum atomic E-state index is -0.0115. The molecular formula is C21H20N10O. The van der Waals surface area contributed by atoms with Crippen LogP contribution in [0.15, 0.2) is 67.3 Å². The van der Waals surface area contributed by atoms with E-state index in [2.05, 4.69) is 40.9 Å². The first-order valence-electron chi connectivity index (χ1n) is 10.1. The predicted octanol–water partition coefficient (Wildman–Crippen LogP) is 1.55. The predicted molar refractivity (Wildman–Crippen MR) is 117 cm³/mol. The van der Waals surface area contributed by atoms with Crippen molar-refractivity contribution in [3.8, 4) is 5.69 Å². The van der Waals surface area contributed by atoms with Crippen LogP contribution in [0.4, 0.5) is 17.3 Å². The number of piperazine rings is 1. The van der Waals surface area contributed by atoms with E-state index in [0.29, 0.717) is 37.6 Å². The fraction of sp³-hybridized carbons (Fsp3) is 0.190. The molecule has 11 nitrogen and oxygen atoms in total. The molecule has 0 unspecified atom stereocenters. The van der Waals surface area contributed by atoms with Gasteiger partial charge in [-0.2, -0.15) is 0 Å². The molecule has 1 aliphatic heterocycles. The number of nitrogens with one attached hydrogen (secondary N) is 1. The quantitative estimate of drug-likeness (QED) is 0.505. The van der Waals surface area contributed by atoms with Crippen molar-refractivity contribution in [3.05, 3.63) is 72.8 Å². The third-order valence-electron chi connectivity index (χ3n) is 5.20. The van der Waals surface area contributed by atoms with Gasteiger partial charge in [-0.25, -0.2) is 4.68 Å². The number of amides is 1. The van der Waals surface area contributed by atoms with E-state index in [0.717, 1.165) is 17.2 Å². The number of nitrogens with zero attached hydrogens (tertiary/aromatic N) is 9. The fourth-order valence-electron chi connectivity index (χ4n) is 3.53. The molecule has 0 atom stereocenters. The van der Waals surface area contributed by atoms with Crippen LogP contribution in [0.25, 0.3) is 5.69 Å². The van der Waals surface area contributed by atoms with Gasteiger partial charge in [-0.15, -0.1) is 15.3 Å². The van der Waals surface area contributed by atoms with E-state index < -0.39 is 0 Å². The Labute approximate surface area is 183 Å². The highest BCUT2D eigenvalue weighted by molar-refractivity contribution is 5.95. The van der Waals surface area contributed by atoms with Gasteiger partial charge in [-0.1, -0.05) is 6.07 Å². The van der Waals surface area contributed by atoms with Crippen LogP contribution in [0.5, 0.6) is 0 Å². The number of tetrazole rings is 1. The molecule has 4 heterocycles. The van der Waals surface area contributed by atoms with Gasteiger partial charge in [0.2, 0.25) is 0 Å². The maximum Gasteiger partial charge on any atom is 0.254 e. The summed E-state index contributed by atoms with van der Waals surface area (Å²) in [4.78, 5) is 21.0. The second kappa shape index (κ2) is 8.76. The molecule has 0 aliphatic carbocycles. The summed E-state index contributed by atoms with van der Waals surface area (Å²) >= 11 is 0. The third-order valence-corrected chi connectivity index (χ3v) is 5.20. The normalized spacial score (nSPS) is 13.8. The van der Waals surface area contributed by atoms with Crippen LogP contribution in [0.1, 0.15) is 10.4 Å². The van der Waals surface area contributed by atoms with E-state index in [1.165, 1.54) is 11.0 Å². The van der Waals surface area contributed by atoms with Crippen molar-refractivity contribution in [1.29, 1.82) is 0 Å². The Morgan fingerprint density at radius 1 is 0.938 bits per heavy atom. The van der Waals surface area contributed by atoms with E-state index in [-0.39, 0.29) is 5.91 Å². The van der Waals surface area contributed by atoms with Crippen LogP contribution >= 0.6 is 0 Å². The van der Waals surface area contributed by atoms with Crippen LogP contribution in [-0.2, 0) is 0 Å². The Morgan fingerprint density at radius 3 is 2.50 bits per heavy atom. The number of carbonyl (C=O) groups is 1. The molecule has 1 aromatic carbocycles. The Kier molecular flexibility index (Phi) is 5.35. The first-order chi connectivity index (χ1) is 15.8. The van der Waals surface area contributed by atoms with Crippen LogP contribution < -0.4 is 10.2 Å². The summed E-state index contributed by atoms with van der Waals surface area (Å²) in [6.07, 6.45) is 4.93. The lowest BCUT2D eigenvalue weighted by Crippen LogP contribution is -2.49. The Bertz CT molecular complexity index is 1170. The monoisotopic (exact) mass is 428 g/mol. The second-order valence-corrected chi connectivity index (χ2v) is 7.22. The molecule has 0 radical (unpaired) electrons. The van der Waals surface area contributed by atoms with Crippen molar-refractivity contribution >= 4 is 23.2 Å². The molecule has 0 bridgehead atoms. The number of hydrogen-bond acceptors (Lipinski definition) is 9. The van der Waals surface area contributed by atoms with E-state index in [1.54, 1.807) is 18.5 Å². The minimum Gasteiger partial charge on any atom is -0.352 e. The van der Waals surface area contributed by atoms with Gasteiger partial charge in [0.1, 0.15) is 6.33 Å². The van der Waals surface area contributed by atoms with Crippen molar-refractivity contribution in [2.45, 2.75) is 0 Å². The highest BCUT2D eigenvalue weighted by atomic mass is 16.2. The summed E-state index contributed by atoms with van der Waals surface area (Å²) in [6, 6.07) is 14.9. The van der Waals surface area contributed by atoms with Crippen LogP contribution in [-0.4, -0.2) is 72.4 Å². The molecule has 0 saturated carbocycles. The Balaban J connectivity index is 1.20. The molecule has 1 N–H and O–H groups in total. The number of rotatable bonds is 5. The summed E-state index contributed by atoms with van der Waals surface area (Å²) in [6.45, 7) is 2.58. The van der Waals surface area contributed by atoms with Gasteiger partial charge in [0, 0.05) is 49.8 Å². The van der Waals surface area contributed by atoms with Crippen LogP contribution in [0, 0.1) is 0 Å². The maximum atomic E-state index is 13.0. The molecule has 1 saturated heterocycles. The highest BCUT2D eigenvalue weighted by Gasteiger charge is 2.23. The lowest BCUT2D eigenvalue weighted by molar-refractivity contribution is 0.0746. The zero-order chi connectivity index (χ0) is 21.8. The SMILES string of the molecule is O=C(c1cccc(-n2cnnn2)c1)N1CCN(c2ccc(Nc3ccncc3)nn2)CC1. The second-order valence-electron chi connectivity index (χ2n) is 7.22. The van der Waals surface area contributed by atoms with Gasteiger partial charge >= 0.3 is 0 Å². The number of benzene rings is 1. The van der Waals surface area contributed by atoms with Crippen molar-refractivity contribution < 1.29 is 4.79 Å². The third kappa shape index (κ3) is 4.21. The lowest BCUT2D eigenvalue weighted by Gasteiger charge is -2.35. The lowest BCUT2D eigenvalue weighted by atomic mass is 10.1. The molecule has 1 fully saturated rings. The molecule has 0 spiro atoms. The minimum absolute atomic E-state index is 0.0115. The average Bonchev–Trinajstić information content (AvgIpc) is 3.40. The molecule has 160 valence electrons. The van der Waals surface area contributed by atoms with Crippen LogP contribution in [0.3, 0.4) is 0 Å². The zero-order valence-corrected chi connectivity index (χ0v) is 17.1. The molecular weight excluding hydrogens is 408 g/mol. The number of hydrogen-bond donors (Lipinski definition) is 1. The van der Waals surface area contributed by atoms with Crippen molar-refractivity contribution in [1.82, 2.24) is 40.3 Å². The average molecular weight is 428 g/mol. The summed E-state index contributed by atoms with van der Waals surface area (Å²) in [5.41, 5.74) is 2.26. The topological polar surface area (TPSA) is 118 Å². The molecule has 32 heavy (non-hydrogen) atoms. The molecule has 1 amide bonds. The van der Waals surface area contributed by atoms with Gasteiger partial charge in [0.15, 0.2) is 11.6 Å². The van der Waals surface area contributed by atoms with Crippen LogP contribution in [0.2, 0.25) is 0 Å². The number of aromatic nitrogens is 7. The molecule has 1 aliphatic rings. The summed E-state index contributed by atoms with van der Waals surface area (Å²) in [5, 5.41) is 22.9. The van der Waals surface area contributed by atoms with E-state index in [4.69, 9.17) is 0 Å². The molecule has 11 heteroatoms. The Morgan fingerprint density at radius 2 is 1.78 bits per heavy atom. The summed E-state index contributed by atoms with van der Waals surface area (Å²) in [7, 11) is 0. The summed E-state index contributed by atoms with van der Waals surface area (Å²) < 4.78 is 1.53. The number of pyridine rings is 1. The number of carbonyl (C=O) groups excluding carboxylic acids is 1. The first kappa shape index (κ1) is 19.5. The van der Waals surface area contributed by atoms with Crippen molar-refractivity contribution in [2.24, 2.45) is 0 Å². The number of anilines is 3. The van der Waals surface area contributed by atoms with Gasteiger partial charge < -0.3 is 15.1 Å². The van der Waals surface area contributed by atoms with Gasteiger partial charge in [0.25, 0.3) is 5.91 Å². The maximum absolute atomic E-state index is 13.0. The largest absolute Gasteiger partial charge is 0.352 e. The zero-order valence-electron chi connectivity index (χ0n) is 17.1.